The van der Waals surface area contributed by atoms with Crippen molar-refractivity contribution in [2.75, 3.05) is 25.4 Å². The first-order chi connectivity index (χ1) is 11.0. The molecule has 7 nitrogen and oxygen atoms in total. The Morgan fingerprint density at radius 1 is 1.39 bits per heavy atom. The average Bonchev–Trinajstić information content (AvgIpc) is 3.19. The van der Waals surface area contributed by atoms with Crippen LogP contribution in [0.3, 0.4) is 0 Å². The first-order valence-electron chi connectivity index (χ1n) is 8.25. The largest absolute Gasteiger partial charge is 0.376 e. The molecule has 0 aromatic carbocycles. The molecular weight excluding hydrogens is 336 g/mol. The molecule has 2 aliphatic heterocycles. The standard InChI is InChI=1S/C14H24N4O3S2/c1-2-23(19,20)17-7-3-5-11(9-17)13-15-16-14(22)18(13)10-12-6-4-8-21-12/h11-12H,2-10H2,1H3,(H,16,22)/t11-,12+/m0/s1. The Hall–Kier alpha value is -0.770. The maximum Gasteiger partial charge on any atom is 0.213 e. The molecule has 0 bridgehead atoms. The fourth-order valence-corrected chi connectivity index (χ4v) is 4.79. The Bertz CT molecular complexity index is 691. The maximum absolute atomic E-state index is 12.2. The van der Waals surface area contributed by atoms with E-state index in [2.05, 4.69) is 10.2 Å². The van der Waals surface area contributed by atoms with Gasteiger partial charge in [-0.05, 0) is 44.8 Å². The van der Waals surface area contributed by atoms with E-state index < -0.39 is 10.0 Å². The predicted molar refractivity (Wildman–Crippen MR) is 89.4 cm³/mol. The summed E-state index contributed by atoms with van der Waals surface area (Å²) >= 11 is 5.36. The molecule has 0 spiro atoms. The van der Waals surface area contributed by atoms with Gasteiger partial charge in [0.15, 0.2) is 4.77 Å². The molecule has 0 radical (unpaired) electrons. The van der Waals surface area contributed by atoms with E-state index in [9.17, 15) is 8.42 Å². The third-order valence-electron chi connectivity index (χ3n) is 4.71. The lowest BCUT2D eigenvalue weighted by atomic mass is 9.98. The molecule has 2 fully saturated rings. The van der Waals surface area contributed by atoms with Crippen molar-refractivity contribution in [3.63, 3.8) is 0 Å². The summed E-state index contributed by atoms with van der Waals surface area (Å²) in [6.07, 6.45) is 4.08. The second kappa shape index (κ2) is 7.00. The van der Waals surface area contributed by atoms with Gasteiger partial charge in [0.05, 0.1) is 18.4 Å². The highest BCUT2D eigenvalue weighted by Gasteiger charge is 2.31. The van der Waals surface area contributed by atoms with Crippen molar-refractivity contribution in [2.45, 2.75) is 51.2 Å². The topological polar surface area (TPSA) is 80.2 Å². The van der Waals surface area contributed by atoms with Crippen LogP contribution in [0.25, 0.3) is 0 Å². The predicted octanol–water partition coefficient (Wildman–Crippen LogP) is 1.65. The van der Waals surface area contributed by atoms with Crippen molar-refractivity contribution in [2.24, 2.45) is 0 Å². The molecule has 1 N–H and O–H groups in total. The summed E-state index contributed by atoms with van der Waals surface area (Å²) in [5, 5.41) is 7.26. The number of nitrogens with zero attached hydrogens (tertiary/aromatic N) is 3. The van der Waals surface area contributed by atoms with Gasteiger partial charge in [-0.1, -0.05) is 0 Å². The molecule has 3 rings (SSSR count). The number of rotatable bonds is 5. The highest BCUT2D eigenvalue weighted by atomic mass is 32.2. The number of piperidine rings is 1. The molecule has 23 heavy (non-hydrogen) atoms. The van der Waals surface area contributed by atoms with Crippen LogP contribution in [0.1, 0.15) is 44.3 Å². The molecule has 0 amide bonds. The van der Waals surface area contributed by atoms with Crippen LogP contribution in [0.2, 0.25) is 0 Å². The Morgan fingerprint density at radius 3 is 2.91 bits per heavy atom. The van der Waals surface area contributed by atoms with E-state index in [0.29, 0.717) is 24.4 Å². The minimum Gasteiger partial charge on any atom is -0.376 e. The molecule has 1 aromatic rings. The molecule has 2 atom stereocenters. The third-order valence-corrected chi connectivity index (χ3v) is 6.87. The van der Waals surface area contributed by atoms with Crippen LogP contribution in [0.15, 0.2) is 0 Å². The number of H-pyrrole nitrogens is 1. The van der Waals surface area contributed by atoms with Gasteiger partial charge in [0.2, 0.25) is 10.0 Å². The lowest BCUT2D eigenvalue weighted by Crippen LogP contribution is -2.40. The minimum absolute atomic E-state index is 0.0828. The van der Waals surface area contributed by atoms with E-state index in [1.165, 1.54) is 0 Å². The molecule has 2 aliphatic rings. The molecule has 0 aliphatic carbocycles. The van der Waals surface area contributed by atoms with Crippen molar-refractivity contribution in [3.8, 4) is 0 Å². The van der Waals surface area contributed by atoms with Gasteiger partial charge < -0.3 is 9.30 Å². The Labute approximate surface area is 142 Å². The summed E-state index contributed by atoms with van der Waals surface area (Å²) < 4.78 is 34.2. The van der Waals surface area contributed by atoms with Crippen molar-refractivity contribution >= 4 is 22.2 Å². The van der Waals surface area contributed by atoms with Crippen molar-refractivity contribution in [3.05, 3.63) is 10.6 Å². The summed E-state index contributed by atoms with van der Waals surface area (Å²) in [7, 11) is -3.16. The van der Waals surface area contributed by atoms with Crippen LogP contribution in [0.5, 0.6) is 0 Å². The van der Waals surface area contributed by atoms with Gasteiger partial charge >= 0.3 is 0 Å². The number of hydrogen-bond donors (Lipinski definition) is 1. The van der Waals surface area contributed by atoms with E-state index in [1.54, 1.807) is 11.2 Å². The third kappa shape index (κ3) is 3.67. The smallest absolute Gasteiger partial charge is 0.213 e. The van der Waals surface area contributed by atoms with Gasteiger partial charge in [-0.25, -0.2) is 12.7 Å². The zero-order valence-electron chi connectivity index (χ0n) is 13.4. The van der Waals surface area contributed by atoms with Crippen LogP contribution in [-0.4, -0.2) is 59.0 Å². The van der Waals surface area contributed by atoms with Gasteiger partial charge in [-0.2, -0.15) is 5.10 Å². The highest BCUT2D eigenvalue weighted by molar-refractivity contribution is 7.89. The highest BCUT2D eigenvalue weighted by Crippen LogP contribution is 2.28. The van der Waals surface area contributed by atoms with Crippen LogP contribution in [0, 0.1) is 4.77 Å². The number of aromatic amines is 1. The SMILES string of the molecule is CCS(=O)(=O)N1CCC[C@H](c2n[nH]c(=S)n2C[C@H]2CCCO2)C1. The van der Waals surface area contributed by atoms with Crippen LogP contribution in [-0.2, 0) is 21.3 Å². The van der Waals surface area contributed by atoms with E-state index in [-0.39, 0.29) is 17.8 Å². The molecule has 130 valence electrons. The van der Waals surface area contributed by atoms with Gasteiger partial charge in [0.1, 0.15) is 5.82 Å². The van der Waals surface area contributed by atoms with E-state index in [0.717, 1.165) is 38.1 Å². The van der Waals surface area contributed by atoms with Crippen molar-refractivity contribution in [1.29, 1.82) is 0 Å². The van der Waals surface area contributed by atoms with E-state index in [1.807, 2.05) is 4.57 Å². The minimum atomic E-state index is -3.16. The molecule has 1 aromatic heterocycles. The molecule has 3 heterocycles. The Balaban J connectivity index is 1.79. The van der Waals surface area contributed by atoms with E-state index in [4.69, 9.17) is 17.0 Å². The molecule has 9 heteroatoms. The average molecular weight is 361 g/mol. The summed E-state index contributed by atoms with van der Waals surface area (Å²) in [5.41, 5.74) is 0. The fourth-order valence-electron chi connectivity index (χ4n) is 3.40. The zero-order chi connectivity index (χ0) is 16.4. The molecule has 0 unspecified atom stereocenters. The Morgan fingerprint density at radius 2 is 2.22 bits per heavy atom. The first-order valence-corrected chi connectivity index (χ1v) is 10.3. The zero-order valence-corrected chi connectivity index (χ0v) is 15.0. The first kappa shape index (κ1) is 17.1. The number of ether oxygens (including phenoxy) is 1. The summed E-state index contributed by atoms with van der Waals surface area (Å²) in [5.74, 6) is 1.09. The summed E-state index contributed by atoms with van der Waals surface area (Å²) in [6.45, 7) is 4.27. The number of sulfonamides is 1. The molecular formula is C14H24N4O3S2. The second-order valence-electron chi connectivity index (χ2n) is 6.23. The molecule has 2 saturated heterocycles. The number of nitrogens with one attached hydrogen (secondary N) is 1. The van der Waals surface area contributed by atoms with Crippen molar-refractivity contribution < 1.29 is 13.2 Å². The normalized spacial score (nSPS) is 26.7. The summed E-state index contributed by atoms with van der Waals surface area (Å²) in [6, 6.07) is 0. The maximum atomic E-state index is 12.2. The van der Waals surface area contributed by atoms with Gasteiger partial charge in [0, 0.05) is 25.6 Å². The van der Waals surface area contributed by atoms with Gasteiger partial charge in [-0.15, -0.1) is 0 Å². The molecule has 0 saturated carbocycles. The lowest BCUT2D eigenvalue weighted by Gasteiger charge is -2.31. The van der Waals surface area contributed by atoms with Crippen LogP contribution < -0.4 is 0 Å². The quantitative estimate of drug-likeness (QED) is 0.808. The van der Waals surface area contributed by atoms with Gasteiger partial charge in [-0.3, -0.25) is 5.10 Å². The van der Waals surface area contributed by atoms with E-state index >= 15 is 0 Å². The lowest BCUT2D eigenvalue weighted by molar-refractivity contribution is 0.0952. The van der Waals surface area contributed by atoms with Gasteiger partial charge in [0.25, 0.3) is 0 Å². The number of hydrogen-bond acceptors (Lipinski definition) is 5. The second-order valence-corrected chi connectivity index (χ2v) is 8.87. The van der Waals surface area contributed by atoms with Crippen LogP contribution in [0.4, 0.5) is 0 Å². The number of aromatic nitrogens is 3. The monoisotopic (exact) mass is 360 g/mol. The van der Waals surface area contributed by atoms with Crippen molar-refractivity contribution in [1.82, 2.24) is 19.1 Å². The Kier molecular flexibility index (Phi) is 5.19. The van der Waals surface area contributed by atoms with Crippen LogP contribution >= 0.6 is 12.2 Å². The fraction of sp³-hybridized carbons (Fsp3) is 0.857. The summed E-state index contributed by atoms with van der Waals surface area (Å²) in [4.78, 5) is 0.